The molecule has 2 rings (SSSR count). The molecule has 1 unspecified atom stereocenters. The maximum absolute atomic E-state index is 6.28. The molecule has 1 atom stereocenters. The molecule has 100 valence electrons. The van der Waals surface area contributed by atoms with E-state index in [0.717, 1.165) is 16.6 Å². The highest BCUT2D eigenvalue weighted by molar-refractivity contribution is 9.10. The smallest absolute Gasteiger partial charge is 0.0390 e. The Bertz CT molecular complexity index is 542. The third kappa shape index (κ3) is 4.10. The van der Waals surface area contributed by atoms with Gasteiger partial charge in [0, 0.05) is 21.2 Å². The first kappa shape index (κ1) is 14.6. The van der Waals surface area contributed by atoms with Gasteiger partial charge >= 0.3 is 0 Å². The Morgan fingerprint density at radius 3 is 2.68 bits per heavy atom. The minimum atomic E-state index is 0.0728. The molecule has 0 saturated heterocycles. The molecule has 2 aromatic rings. The first-order valence-corrected chi connectivity index (χ1v) is 8.20. The van der Waals surface area contributed by atoms with Gasteiger partial charge in [-0.1, -0.05) is 43.3 Å². The molecule has 1 nitrogen and oxygen atoms in total. The highest BCUT2D eigenvalue weighted by Crippen LogP contribution is 2.29. The van der Waals surface area contributed by atoms with E-state index in [9.17, 15) is 0 Å². The molecule has 3 heteroatoms. The number of hydrogen-bond donors (Lipinski definition) is 1. The molecule has 0 heterocycles. The number of benzene rings is 2. The third-order valence-corrected chi connectivity index (χ3v) is 5.19. The normalized spacial score (nSPS) is 12.4. The molecule has 0 bridgehead atoms. The van der Waals surface area contributed by atoms with Crippen LogP contribution < -0.4 is 5.73 Å². The van der Waals surface area contributed by atoms with Crippen molar-refractivity contribution in [3.05, 3.63) is 64.1 Å². The van der Waals surface area contributed by atoms with Crippen LogP contribution >= 0.6 is 27.7 Å². The zero-order valence-electron chi connectivity index (χ0n) is 11.0. The average molecular weight is 336 g/mol. The van der Waals surface area contributed by atoms with Gasteiger partial charge in [-0.15, -0.1) is 11.8 Å². The van der Waals surface area contributed by atoms with E-state index in [-0.39, 0.29) is 6.04 Å². The van der Waals surface area contributed by atoms with Crippen LogP contribution in [0.5, 0.6) is 0 Å². The molecule has 0 aliphatic carbocycles. The number of nitrogens with two attached hydrogens (primary N) is 1. The van der Waals surface area contributed by atoms with Crippen molar-refractivity contribution in [3.63, 3.8) is 0 Å². The van der Waals surface area contributed by atoms with Gasteiger partial charge in [-0.25, -0.2) is 0 Å². The van der Waals surface area contributed by atoms with E-state index in [0.29, 0.717) is 0 Å². The number of halogens is 1. The van der Waals surface area contributed by atoms with E-state index < -0.39 is 0 Å². The van der Waals surface area contributed by atoms with Crippen molar-refractivity contribution in [2.75, 3.05) is 5.75 Å². The maximum atomic E-state index is 6.28. The van der Waals surface area contributed by atoms with Crippen molar-refractivity contribution in [2.45, 2.75) is 24.3 Å². The summed E-state index contributed by atoms with van der Waals surface area (Å²) in [6.07, 6.45) is 1.05. The molecular weight excluding hydrogens is 318 g/mol. The predicted molar refractivity (Wildman–Crippen MR) is 87.6 cm³/mol. The summed E-state index contributed by atoms with van der Waals surface area (Å²) in [6.45, 7) is 2.17. The fourth-order valence-electron chi connectivity index (χ4n) is 1.88. The number of hydrogen-bond acceptors (Lipinski definition) is 2. The monoisotopic (exact) mass is 335 g/mol. The van der Waals surface area contributed by atoms with Crippen molar-refractivity contribution in [2.24, 2.45) is 5.73 Å². The first-order valence-electron chi connectivity index (χ1n) is 6.42. The molecule has 0 saturated carbocycles. The molecule has 0 aromatic heterocycles. The van der Waals surface area contributed by atoms with E-state index in [1.807, 2.05) is 6.07 Å². The number of thioether (sulfide) groups is 1. The van der Waals surface area contributed by atoms with Crippen LogP contribution in [0.2, 0.25) is 0 Å². The summed E-state index contributed by atoms with van der Waals surface area (Å²) in [5.74, 6) is 0.885. The lowest BCUT2D eigenvalue weighted by atomic mass is 10.0. The van der Waals surface area contributed by atoms with Crippen molar-refractivity contribution in [1.82, 2.24) is 0 Å². The van der Waals surface area contributed by atoms with Gasteiger partial charge in [0.1, 0.15) is 0 Å². The predicted octanol–water partition coefficient (Wildman–Crippen LogP) is 4.80. The Balaban J connectivity index is 2.01. The summed E-state index contributed by atoms with van der Waals surface area (Å²) in [5, 5.41) is 0. The summed E-state index contributed by atoms with van der Waals surface area (Å²) in [7, 11) is 0. The van der Waals surface area contributed by atoms with Gasteiger partial charge in [0.15, 0.2) is 0 Å². The molecule has 19 heavy (non-hydrogen) atoms. The zero-order chi connectivity index (χ0) is 13.7. The minimum Gasteiger partial charge on any atom is -0.323 e. The van der Waals surface area contributed by atoms with E-state index in [1.54, 1.807) is 11.8 Å². The summed E-state index contributed by atoms with van der Waals surface area (Å²) >= 11 is 5.36. The molecule has 0 aliphatic rings. The number of rotatable bonds is 5. The topological polar surface area (TPSA) is 26.0 Å². The summed E-state index contributed by atoms with van der Waals surface area (Å²) in [4.78, 5) is 1.24. The number of aryl methyl sites for hydroxylation is 1. The van der Waals surface area contributed by atoms with Crippen LogP contribution in [0.3, 0.4) is 0 Å². The van der Waals surface area contributed by atoms with Crippen molar-refractivity contribution in [3.8, 4) is 0 Å². The Morgan fingerprint density at radius 1 is 1.16 bits per heavy atom. The molecule has 2 N–H and O–H groups in total. The van der Waals surface area contributed by atoms with Crippen LogP contribution in [-0.4, -0.2) is 5.75 Å². The fourth-order valence-corrected chi connectivity index (χ4v) is 3.44. The lowest BCUT2D eigenvalue weighted by Gasteiger charge is -2.13. The minimum absolute atomic E-state index is 0.0728. The SMILES string of the molecule is CCc1cccc(C(N)CSc2ccccc2Br)c1. The van der Waals surface area contributed by atoms with Gasteiger partial charge in [0.05, 0.1) is 0 Å². The van der Waals surface area contributed by atoms with Gasteiger partial charge in [-0.2, -0.15) is 0 Å². The molecule has 0 fully saturated rings. The van der Waals surface area contributed by atoms with Crippen molar-refractivity contribution in [1.29, 1.82) is 0 Å². The Morgan fingerprint density at radius 2 is 1.95 bits per heavy atom. The highest BCUT2D eigenvalue weighted by atomic mass is 79.9. The third-order valence-electron chi connectivity index (χ3n) is 3.04. The van der Waals surface area contributed by atoms with Crippen LogP contribution in [0.15, 0.2) is 57.9 Å². The van der Waals surface area contributed by atoms with Crippen LogP contribution in [-0.2, 0) is 6.42 Å². The van der Waals surface area contributed by atoms with Gasteiger partial charge in [0.2, 0.25) is 0 Å². The quantitative estimate of drug-likeness (QED) is 0.794. The lowest BCUT2D eigenvalue weighted by molar-refractivity contribution is 0.828. The Hall–Kier alpha value is -0.770. The second kappa shape index (κ2) is 7.13. The molecule has 0 amide bonds. The molecule has 2 aromatic carbocycles. The van der Waals surface area contributed by atoms with E-state index >= 15 is 0 Å². The van der Waals surface area contributed by atoms with Crippen LogP contribution in [0.4, 0.5) is 0 Å². The first-order chi connectivity index (χ1) is 9.20. The van der Waals surface area contributed by atoms with E-state index in [2.05, 4.69) is 65.3 Å². The standard InChI is InChI=1S/C16H18BrNS/c1-2-12-6-5-7-13(10-12)15(18)11-19-16-9-4-3-8-14(16)17/h3-10,15H,2,11,18H2,1H3. The maximum Gasteiger partial charge on any atom is 0.0390 e. The average Bonchev–Trinajstić information content (AvgIpc) is 2.46. The van der Waals surface area contributed by atoms with Gasteiger partial charge < -0.3 is 5.73 Å². The van der Waals surface area contributed by atoms with Gasteiger partial charge in [0.25, 0.3) is 0 Å². The molecular formula is C16H18BrNS. The highest BCUT2D eigenvalue weighted by Gasteiger charge is 2.08. The zero-order valence-corrected chi connectivity index (χ0v) is 13.4. The molecule has 0 aliphatic heterocycles. The van der Waals surface area contributed by atoms with Gasteiger partial charge in [-0.05, 0) is 45.6 Å². The van der Waals surface area contributed by atoms with Crippen molar-refractivity contribution < 1.29 is 0 Å². The fraction of sp³-hybridized carbons (Fsp3) is 0.250. The lowest BCUT2D eigenvalue weighted by Crippen LogP contribution is -2.13. The largest absolute Gasteiger partial charge is 0.323 e. The Labute approximate surface area is 127 Å². The van der Waals surface area contributed by atoms with Crippen LogP contribution in [0, 0.1) is 0 Å². The summed E-state index contributed by atoms with van der Waals surface area (Å²) in [6, 6.07) is 16.9. The van der Waals surface area contributed by atoms with Crippen molar-refractivity contribution >= 4 is 27.7 Å². The second-order valence-electron chi connectivity index (χ2n) is 4.45. The molecule has 0 spiro atoms. The summed E-state index contributed by atoms with van der Waals surface area (Å²) in [5.41, 5.74) is 8.85. The van der Waals surface area contributed by atoms with Gasteiger partial charge in [-0.3, -0.25) is 0 Å². The molecule has 0 radical (unpaired) electrons. The van der Waals surface area contributed by atoms with E-state index in [1.165, 1.54) is 16.0 Å². The Kier molecular flexibility index (Phi) is 5.49. The van der Waals surface area contributed by atoms with E-state index in [4.69, 9.17) is 5.73 Å². The summed E-state index contributed by atoms with van der Waals surface area (Å²) < 4.78 is 1.13. The second-order valence-corrected chi connectivity index (χ2v) is 6.36. The van der Waals surface area contributed by atoms with Crippen LogP contribution in [0.25, 0.3) is 0 Å². The van der Waals surface area contributed by atoms with Crippen LogP contribution in [0.1, 0.15) is 24.1 Å².